The zero-order chi connectivity index (χ0) is 9.97. The molecule has 1 aliphatic rings. The van der Waals surface area contributed by atoms with E-state index in [9.17, 15) is 0 Å². The van der Waals surface area contributed by atoms with Crippen LogP contribution in [0.1, 0.15) is 13.3 Å². The van der Waals surface area contributed by atoms with Gasteiger partial charge in [-0.3, -0.25) is 0 Å². The smallest absolute Gasteiger partial charge is 0.204 e. The van der Waals surface area contributed by atoms with Crippen molar-refractivity contribution in [3.8, 4) is 0 Å². The second kappa shape index (κ2) is 4.23. The van der Waals surface area contributed by atoms with Crippen LogP contribution in [-0.4, -0.2) is 29.0 Å². The van der Waals surface area contributed by atoms with Crippen LogP contribution in [0.25, 0.3) is 0 Å². The number of nitrogens with two attached hydrogens (primary N) is 1. The van der Waals surface area contributed by atoms with Crippen LogP contribution in [0.3, 0.4) is 0 Å². The van der Waals surface area contributed by atoms with Gasteiger partial charge in [0.2, 0.25) is 5.13 Å². The Balaban J connectivity index is 2.03. The number of hydrogen-bond donors (Lipinski definition) is 1. The molecule has 1 saturated heterocycles. The Morgan fingerprint density at radius 2 is 2.57 bits per heavy atom. The van der Waals surface area contributed by atoms with Gasteiger partial charge < -0.3 is 10.6 Å². The van der Waals surface area contributed by atoms with Crippen molar-refractivity contribution < 1.29 is 0 Å². The van der Waals surface area contributed by atoms with E-state index < -0.39 is 0 Å². The average Bonchev–Trinajstić information content (AvgIpc) is 2.71. The van der Waals surface area contributed by atoms with Crippen LogP contribution in [0.2, 0.25) is 0 Å². The Kier molecular flexibility index (Phi) is 2.98. The van der Waals surface area contributed by atoms with Gasteiger partial charge in [0.1, 0.15) is 6.33 Å². The van der Waals surface area contributed by atoms with Crippen molar-refractivity contribution in [1.29, 1.82) is 0 Å². The molecule has 1 aromatic rings. The normalized spacial score (nSPS) is 28.0. The molecule has 1 aromatic heterocycles. The molecular weight excluding hydrogens is 196 g/mol. The molecule has 2 atom stereocenters. The maximum atomic E-state index is 5.75. The second-order valence-electron chi connectivity index (χ2n) is 3.93. The van der Waals surface area contributed by atoms with Crippen molar-refractivity contribution in [2.75, 3.05) is 24.5 Å². The summed E-state index contributed by atoms with van der Waals surface area (Å²) in [5, 5.41) is 1.04. The van der Waals surface area contributed by atoms with Crippen molar-refractivity contribution in [3.63, 3.8) is 0 Å². The topological polar surface area (TPSA) is 55.0 Å². The third-order valence-corrected chi connectivity index (χ3v) is 3.76. The molecule has 0 saturated carbocycles. The monoisotopic (exact) mass is 212 g/mol. The number of anilines is 1. The standard InChI is InChI=1S/C9H16N4S/c1-7-2-3-13(5-8(7)4-10)9-11-6-12-14-9/h6-8H,2-5,10H2,1H3. The molecule has 0 aromatic carbocycles. The number of hydrogen-bond acceptors (Lipinski definition) is 5. The molecule has 2 heterocycles. The molecule has 2 N–H and O–H groups in total. The number of nitrogens with zero attached hydrogens (tertiary/aromatic N) is 3. The van der Waals surface area contributed by atoms with Crippen LogP contribution in [0.4, 0.5) is 5.13 Å². The van der Waals surface area contributed by atoms with Gasteiger partial charge in [-0.2, -0.15) is 4.37 Å². The molecule has 14 heavy (non-hydrogen) atoms. The maximum Gasteiger partial charge on any atom is 0.204 e. The third kappa shape index (κ3) is 1.88. The van der Waals surface area contributed by atoms with E-state index in [4.69, 9.17) is 5.73 Å². The highest BCUT2D eigenvalue weighted by Gasteiger charge is 2.26. The van der Waals surface area contributed by atoms with Gasteiger partial charge in [-0.1, -0.05) is 6.92 Å². The summed E-state index contributed by atoms with van der Waals surface area (Å²) in [6.45, 7) is 5.19. The van der Waals surface area contributed by atoms with Crippen molar-refractivity contribution in [3.05, 3.63) is 6.33 Å². The summed E-state index contributed by atoms with van der Waals surface area (Å²) < 4.78 is 4.02. The predicted molar refractivity (Wildman–Crippen MR) is 58.4 cm³/mol. The van der Waals surface area contributed by atoms with Crippen molar-refractivity contribution in [2.24, 2.45) is 17.6 Å². The average molecular weight is 212 g/mol. The van der Waals surface area contributed by atoms with Crippen LogP contribution in [0.5, 0.6) is 0 Å². The van der Waals surface area contributed by atoms with E-state index in [1.165, 1.54) is 18.0 Å². The van der Waals surface area contributed by atoms with Crippen LogP contribution >= 0.6 is 11.5 Å². The predicted octanol–water partition coefficient (Wildman–Crippen LogP) is 0.959. The van der Waals surface area contributed by atoms with Gasteiger partial charge in [-0.05, 0) is 24.8 Å². The summed E-state index contributed by atoms with van der Waals surface area (Å²) in [7, 11) is 0. The SMILES string of the molecule is CC1CCN(c2ncns2)CC1CN. The fraction of sp³-hybridized carbons (Fsp3) is 0.778. The number of aromatic nitrogens is 2. The van der Waals surface area contributed by atoms with Crippen LogP contribution in [-0.2, 0) is 0 Å². The minimum atomic E-state index is 0.604. The summed E-state index contributed by atoms with van der Waals surface area (Å²) in [4.78, 5) is 6.53. The van der Waals surface area contributed by atoms with E-state index in [1.807, 2.05) is 0 Å². The zero-order valence-corrected chi connectivity index (χ0v) is 9.20. The van der Waals surface area contributed by atoms with Gasteiger partial charge in [0, 0.05) is 24.6 Å². The van der Waals surface area contributed by atoms with E-state index in [-0.39, 0.29) is 0 Å². The lowest BCUT2D eigenvalue weighted by atomic mass is 9.87. The Morgan fingerprint density at radius 3 is 3.21 bits per heavy atom. The summed E-state index contributed by atoms with van der Waals surface area (Å²) >= 11 is 1.47. The minimum Gasteiger partial charge on any atom is -0.347 e. The number of piperidine rings is 1. The molecular formula is C9H16N4S. The lowest BCUT2D eigenvalue weighted by Gasteiger charge is -2.36. The zero-order valence-electron chi connectivity index (χ0n) is 8.39. The van der Waals surface area contributed by atoms with Gasteiger partial charge in [0.05, 0.1) is 0 Å². The molecule has 78 valence electrons. The van der Waals surface area contributed by atoms with E-state index in [0.717, 1.165) is 30.7 Å². The van der Waals surface area contributed by atoms with Gasteiger partial charge in [0.25, 0.3) is 0 Å². The molecule has 4 nitrogen and oxygen atoms in total. The molecule has 2 rings (SSSR count). The van der Waals surface area contributed by atoms with Crippen molar-refractivity contribution >= 4 is 16.7 Å². The summed E-state index contributed by atoms with van der Waals surface area (Å²) in [6.07, 6.45) is 2.83. The molecule has 0 amide bonds. The quantitative estimate of drug-likeness (QED) is 0.793. The molecule has 0 spiro atoms. The van der Waals surface area contributed by atoms with E-state index in [2.05, 4.69) is 21.2 Å². The highest BCUT2D eigenvalue weighted by molar-refractivity contribution is 7.09. The van der Waals surface area contributed by atoms with Gasteiger partial charge >= 0.3 is 0 Å². The molecule has 2 unspecified atom stereocenters. The Bertz CT molecular complexity index is 274. The Labute approximate surface area is 88.3 Å². The van der Waals surface area contributed by atoms with Crippen LogP contribution in [0.15, 0.2) is 6.33 Å². The summed E-state index contributed by atoms with van der Waals surface area (Å²) in [6, 6.07) is 0. The molecule has 0 aliphatic carbocycles. The molecule has 1 aliphatic heterocycles. The first-order valence-electron chi connectivity index (χ1n) is 5.03. The highest BCUT2D eigenvalue weighted by atomic mass is 32.1. The summed E-state index contributed by atoms with van der Waals surface area (Å²) in [5.41, 5.74) is 5.75. The largest absolute Gasteiger partial charge is 0.347 e. The molecule has 5 heteroatoms. The van der Waals surface area contributed by atoms with Crippen molar-refractivity contribution in [2.45, 2.75) is 13.3 Å². The first-order chi connectivity index (χ1) is 6.81. The molecule has 1 fully saturated rings. The fourth-order valence-corrected chi connectivity index (χ4v) is 2.50. The van der Waals surface area contributed by atoms with E-state index in [1.54, 1.807) is 6.33 Å². The highest BCUT2D eigenvalue weighted by Crippen LogP contribution is 2.26. The van der Waals surface area contributed by atoms with Gasteiger partial charge in [-0.25, -0.2) is 4.98 Å². The van der Waals surface area contributed by atoms with Crippen LogP contribution < -0.4 is 10.6 Å². The Hall–Kier alpha value is -0.680. The minimum absolute atomic E-state index is 0.604. The summed E-state index contributed by atoms with van der Waals surface area (Å²) in [5.74, 6) is 1.34. The lowest BCUT2D eigenvalue weighted by molar-refractivity contribution is 0.308. The molecule has 0 radical (unpaired) electrons. The fourth-order valence-electron chi connectivity index (χ4n) is 1.94. The van der Waals surface area contributed by atoms with Gasteiger partial charge in [-0.15, -0.1) is 0 Å². The molecule has 0 bridgehead atoms. The second-order valence-corrected chi connectivity index (χ2v) is 4.69. The number of rotatable bonds is 2. The van der Waals surface area contributed by atoms with Gasteiger partial charge in [0.15, 0.2) is 0 Å². The first kappa shape index (κ1) is 9.86. The Morgan fingerprint density at radius 1 is 1.71 bits per heavy atom. The maximum absolute atomic E-state index is 5.75. The lowest BCUT2D eigenvalue weighted by Crippen LogP contribution is -2.42. The van der Waals surface area contributed by atoms with E-state index in [0.29, 0.717) is 5.92 Å². The third-order valence-electron chi connectivity index (χ3n) is 3.04. The van der Waals surface area contributed by atoms with Crippen molar-refractivity contribution in [1.82, 2.24) is 9.36 Å². The van der Waals surface area contributed by atoms with Crippen LogP contribution in [0, 0.1) is 11.8 Å². The first-order valence-corrected chi connectivity index (χ1v) is 5.80. The van der Waals surface area contributed by atoms with E-state index >= 15 is 0 Å².